The highest BCUT2D eigenvalue weighted by molar-refractivity contribution is 9.09. The molecule has 0 saturated heterocycles. The number of hydrogen-bond donors (Lipinski definition) is 0. The highest BCUT2D eigenvalue weighted by Crippen LogP contribution is 2.03. The van der Waals surface area contributed by atoms with Crippen LogP contribution in [0.2, 0.25) is 0 Å². The van der Waals surface area contributed by atoms with Gasteiger partial charge in [-0.25, -0.2) is 0 Å². The van der Waals surface area contributed by atoms with Gasteiger partial charge in [0.05, 0.1) is 0 Å². The van der Waals surface area contributed by atoms with Crippen LogP contribution in [0.25, 0.3) is 0 Å². The van der Waals surface area contributed by atoms with E-state index in [1.165, 1.54) is 12.8 Å². The monoisotopic (exact) mass is 190 g/mol. The minimum Gasteiger partial charge on any atom is -0.0883 e. The van der Waals surface area contributed by atoms with Gasteiger partial charge in [-0.15, -0.1) is 0 Å². The Labute approximate surface area is 66.5 Å². The third kappa shape index (κ3) is 8.22. The highest BCUT2D eigenvalue weighted by atomic mass is 79.9. The van der Waals surface area contributed by atoms with Crippen LogP contribution in [0.15, 0.2) is 12.2 Å². The minimum atomic E-state index is 0.838. The minimum absolute atomic E-state index is 0.838. The third-order valence-electron chi connectivity index (χ3n) is 1.17. The second-order valence-corrected chi connectivity index (χ2v) is 3.24. The molecule has 0 radical (unpaired) electrons. The largest absolute Gasteiger partial charge is 0.0883 e. The molecule has 0 heterocycles. The zero-order valence-electron chi connectivity index (χ0n) is 6.23. The average Bonchev–Trinajstić information content (AvgIpc) is 1.80. The van der Waals surface area contributed by atoms with Gasteiger partial charge >= 0.3 is 0 Å². The van der Waals surface area contributed by atoms with E-state index in [-0.39, 0.29) is 0 Å². The Balaban J connectivity index is 2.99. The topological polar surface area (TPSA) is 0 Å². The zero-order valence-corrected chi connectivity index (χ0v) is 7.82. The van der Waals surface area contributed by atoms with E-state index in [0.717, 1.165) is 11.2 Å². The molecule has 0 N–H and O–H groups in total. The molecule has 0 unspecified atom stereocenters. The molecule has 0 amide bonds. The Morgan fingerprint density at radius 2 is 2.00 bits per heavy atom. The lowest BCUT2D eigenvalue weighted by Crippen LogP contribution is -1.83. The van der Waals surface area contributed by atoms with Crippen LogP contribution in [0.4, 0.5) is 0 Å². The number of rotatable bonds is 4. The predicted octanol–water partition coefficient (Wildman–Crippen LogP) is 3.37. The van der Waals surface area contributed by atoms with Crippen molar-refractivity contribution in [3.63, 3.8) is 0 Å². The predicted molar refractivity (Wildman–Crippen MR) is 47.0 cm³/mol. The lowest BCUT2D eigenvalue weighted by Gasteiger charge is -1.97. The zero-order chi connectivity index (χ0) is 7.11. The van der Waals surface area contributed by atoms with E-state index in [4.69, 9.17) is 0 Å². The van der Waals surface area contributed by atoms with Crippen molar-refractivity contribution in [2.45, 2.75) is 26.7 Å². The van der Waals surface area contributed by atoms with Crippen molar-refractivity contribution in [1.82, 2.24) is 0 Å². The molecule has 0 aromatic heterocycles. The van der Waals surface area contributed by atoms with Crippen molar-refractivity contribution >= 4 is 15.9 Å². The highest BCUT2D eigenvalue weighted by Gasteiger charge is 1.88. The maximum absolute atomic E-state index is 3.33. The van der Waals surface area contributed by atoms with E-state index in [1.54, 1.807) is 0 Å². The first-order valence-electron chi connectivity index (χ1n) is 3.48. The van der Waals surface area contributed by atoms with Gasteiger partial charge in [-0.1, -0.05) is 41.9 Å². The molecule has 0 rings (SSSR count). The van der Waals surface area contributed by atoms with Crippen LogP contribution in [0.1, 0.15) is 26.7 Å². The van der Waals surface area contributed by atoms with Crippen molar-refractivity contribution in [1.29, 1.82) is 0 Å². The summed E-state index contributed by atoms with van der Waals surface area (Å²) in [5.74, 6) is 0.838. The van der Waals surface area contributed by atoms with Crippen molar-refractivity contribution in [2.24, 2.45) is 5.92 Å². The second kappa shape index (κ2) is 6.34. The molecule has 0 aliphatic rings. The summed E-state index contributed by atoms with van der Waals surface area (Å²) in [6, 6.07) is 0. The normalized spacial score (nSPS) is 11.6. The molecular weight excluding hydrogens is 176 g/mol. The Morgan fingerprint density at radius 3 is 2.44 bits per heavy atom. The first-order chi connectivity index (χ1) is 4.27. The molecule has 1 heteroatoms. The van der Waals surface area contributed by atoms with Crippen molar-refractivity contribution in [2.75, 3.05) is 5.33 Å². The molecule has 0 fully saturated rings. The molecule has 0 saturated carbocycles. The molecular formula is C8H15Br. The van der Waals surface area contributed by atoms with Crippen LogP contribution in [0, 0.1) is 5.92 Å². The Hall–Kier alpha value is 0.220. The first-order valence-corrected chi connectivity index (χ1v) is 4.60. The molecule has 0 aromatic carbocycles. The lowest BCUT2D eigenvalue weighted by atomic mass is 10.1. The molecule has 54 valence electrons. The van der Waals surface area contributed by atoms with Gasteiger partial charge in [0.2, 0.25) is 0 Å². The molecule has 0 atom stereocenters. The standard InChI is InChI=1S/C8H15Br/c1-8(2)6-4-3-5-7-9/h3,5,8H,4,6-7H2,1-2H3/b5-3+. The van der Waals surface area contributed by atoms with Crippen LogP contribution in [0.5, 0.6) is 0 Å². The van der Waals surface area contributed by atoms with E-state index >= 15 is 0 Å². The van der Waals surface area contributed by atoms with Gasteiger partial charge in [0, 0.05) is 5.33 Å². The summed E-state index contributed by atoms with van der Waals surface area (Å²) >= 11 is 3.33. The summed E-state index contributed by atoms with van der Waals surface area (Å²) in [7, 11) is 0. The summed E-state index contributed by atoms with van der Waals surface area (Å²) in [5.41, 5.74) is 0. The van der Waals surface area contributed by atoms with Gasteiger partial charge in [0.1, 0.15) is 0 Å². The molecule has 0 aliphatic carbocycles. The molecule has 0 spiro atoms. The number of hydrogen-bond acceptors (Lipinski definition) is 0. The van der Waals surface area contributed by atoms with E-state index < -0.39 is 0 Å². The van der Waals surface area contributed by atoms with Crippen LogP contribution in [-0.2, 0) is 0 Å². The summed E-state index contributed by atoms with van der Waals surface area (Å²) in [6.07, 6.45) is 6.92. The second-order valence-electron chi connectivity index (χ2n) is 2.60. The van der Waals surface area contributed by atoms with Gasteiger partial charge in [-0.2, -0.15) is 0 Å². The molecule has 0 aromatic rings. The van der Waals surface area contributed by atoms with E-state index in [1.807, 2.05) is 0 Å². The maximum atomic E-state index is 3.33. The van der Waals surface area contributed by atoms with Gasteiger partial charge < -0.3 is 0 Å². The van der Waals surface area contributed by atoms with E-state index in [2.05, 4.69) is 41.9 Å². The number of alkyl halides is 1. The Morgan fingerprint density at radius 1 is 1.33 bits per heavy atom. The fraction of sp³-hybridized carbons (Fsp3) is 0.750. The SMILES string of the molecule is CC(C)CC/C=C/CBr. The van der Waals surface area contributed by atoms with Crippen molar-refractivity contribution < 1.29 is 0 Å². The molecule has 0 nitrogen and oxygen atoms in total. The maximum Gasteiger partial charge on any atom is 0.0212 e. The summed E-state index contributed by atoms with van der Waals surface area (Å²) in [4.78, 5) is 0. The summed E-state index contributed by atoms with van der Waals surface area (Å²) in [5, 5.41) is 0.991. The quantitative estimate of drug-likeness (QED) is 0.472. The first kappa shape index (κ1) is 9.22. The van der Waals surface area contributed by atoms with E-state index in [0.29, 0.717) is 0 Å². The van der Waals surface area contributed by atoms with Gasteiger partial charge in [-0.3, -0.25) is 0 Å². The van der Waals surface area contributed by atoms with Crippen molar-refractivity contribution in [3.8, 4) is 0 Å². The summed E-state index contributed by atoms with van der Waals surface area (Å²) in [6.45, 7) is 4.50. The van der Waals surface area contributed by atoms with Gasteiger partial charge in [0.25, 0.3) is 0 Å². The van der Waals surface area contributed by atoms with Crippen molar-refractivity contribution in [3.05, 3.63) is 12.2 Å². The summed E-state index contributed by atoms with van der Waals surface area (Å²) < 4.78 is 0. The molecule has 0 aliphatic heterocycles. The van der Waals surface area contributed by atoms with Crippen LogP contribution in [-0.4, -0.2) is 5.33 Å². The lowest BCUT2D eigenvalue weighted by molar-refractivity contribution is 0.594. The Kier molecular flexibility index (Phi) is 6.50. The van der Waals surface area contributed by atoms with Crippen LogP contribution < -0.4 is 0 Å². The smallest absolute Gasteiger partial charge is 0.0212 e. The van der Waals surface area contributed by atoms with Gasteiger partial charge in [-0.05, 0) is 18.8 Å². The Bertz CT molecular complexity index is 74.6. The molecule has 9 heavy (non-hydrogen) atoms. The van der Waals surface area contributed by atoms with Crippen LogP contribution >= 0.6 is 15.9 Å². The van der Waals surface area contributed by atoms with E-state index in [9.17, 15) is 0 Å². The third-order valence-corrected chi connectivity index (χ3v) is 1.54. The number of allylic oxidation sites excluding steroid dienone is 2. The molecule has 0 bridgehead atoms. The fourth-order valence-corrected chi connectivity index (χ4v) is 0.875. The van der Waals surface area contributed by atoms with Crippen LogP contribution in [0.3, 0.4) is 0 Å². The van der Waals surface area contributed by atoms with Gasteiger partial charge in [0.15, 0.2) is 0 Å². The number of halogens is 1. The average molecular weight is 191 g/mol. The fourth-order valence-electron chi connectivity index (χ4n) is 0.610.